The fraction of sp³-hybridized carbons (Fsp3) is 0.429. The van der Waals surface area contributed by atoms with Gasteiger partial charge in [0.05, 0.1) is 6.10 Å². The minimum atomic E-state index is -0.378. The molecular weight excluding hydrogens is 198 g/mol. The summed E-state index contributed by atoms with van der Waals surface area (Å²) in [6.07, 6.45) is 3.06. The summed E-state index contributed by atoms with van der Waals surface area (Å²) in [4.78, 5) is 2.38. The molecule has 0 aromatic heterocycles. The van der Waals surface area contributed by atoms with Crippen LogP contribution in [0.15, 0.2) is 35.9 Å². The molecule has 1 aromatic rings. The maximum atomic E-state index is 9.44. The van der Waals surface area contributed by atoms with Gasteiger partial charge in [-0.3, -0.25) is 0 Å². The number of nitrogens with zero attached hydrogens (tertiary/aromatic N) is 1. The third kappa shape index (κ3) is 2.45. The van der Waals surface area contributed by atoms with E-state index in [-0.39, 0.29) is 6.10 Å². The zero-order chi connectivity index (χ0) is 11.5. The molecule has 1 atom stereocenters. The van der Waals surface area contributed by atoms with Gasteiger partial charge in [-0.1, -0.05) is 23.8 Å². The molecule has 0 spiro atoms. The maximum Gasteiger partial charge on any atom is 0.0761 e. The molecule has 0 saturated heterocycles. The van der Waals surface area contributed by atoms with Gasteiger partial charge in [-0.05, 0) is 38.0 Å². The Bertz CT molecular complexity index is 378. The highest BCUT2D eigenvalue weighted by Crippen LogP contribution is 2.22. The standard InChI is InChI=1S/C14H19NO/c1-11-4-3-9-15(10-11)14-7-5-13(6-8-14)12(2)16/h4-8,12,16H,3,9-10H2,1-2H3. The summed E-state index contributed by atoms with van der Waals surface area (Å²) in [6, 6.07) is 8.21. The predicted octanol–water partition coefficient (Wildman–Crippen LogP) is 2.90. The second-order valence-electron chi connectivity index (χ2n) is 4.53. The van der Waals surface area contributed by atoms with E-state index in [1.54, 1.807) is 6.92 Å². The van der Waals surface area contributed by atoms with E-state index in [1.165, 1.54) is 11.3 Å². The molecule has 1 N–H and O–H groups in total. The molecule has 0 fully saturated rings. The fourth-order valence-electron chi connectivity index (χ4n) is 2.10. The van der Waals surface area contributed by atoms with Crippen molar-refractivity contribution >= 4 is 5.69 Å². The topological polar surface area (TPSA) is 23.5 Å². The molecular formula is C14H19NO. The van der Waals surface area contributed by atoms with E-state index in [9.17, 15) is 5.11 Å². The minimum absolute atomic E-state index is 0.378. The molecule has 1 heterocycles. The second-order valence-corrected chi connectivity index (χ2v) is 4.53. The van der Waals surface area contributed by atoms with Crippen molar-refractivity contribution in [2.24, 2.45) is 0 Å². The van der Waals surface area contributed by atoms with Crippen LogP contribution in [0.4, 0.5) is 5.69 Å². The third-order valence-corrected chi connectivity index (χ3v) is 3.07. The van der Waals surface area contributed by atoms with E-state index in [0.29, 0.717) is 0 Å². The number of rotatable bonds is 2. The molecule has 1 aromatic carbocycles. The Labute approximate surface area is 97.2 Å². The van der Waals surface area contributed by atoms with Crippen LogP contribution in [0, 0.1) is 0 Å². The van der Waals surface area contributed by atoms with Crippen molar-refractivity contribution in [2.45, 2.75) is 26.4 Å². The number of hydrogen-bond acceptors (Lipinski definition) is 2. The van der Waals surface area contributed by atoms with Gasteiger partial charge in [0.1, 0.15) is 0 Å². The van der Waals surface area contributed by atoms with E-state index < -0.39 is 0 Å². The van der Waals surface area contributed by atoms with E-state index in [1.807, 2.05) is 12.1 Å². The van der Waals surface area contributed by atoms with Gasteiger partial charge in [0.25, 0.3) is 0 Å². The smallest absolute Gasteiger partial charge is 0.0761 e. The zero-order valence-corrected chi connectivity index (χ0v) is 9.98. The first-order valence-electron chi connectivity index (χ1n) is 5.85. The van der Waals surface area contributed by atoms with Crippen LogP contribution < -0.4 is 4.90 Å². The minimum Gasteiger partial charge on any atom is -0.389 e. The van der Waals surface area contributed by atoms with Crippen LogP contribution in [0.25, 0.3) is 0 Å². The Balaban J connectivity index is 2.13. The lowest BCUT2D eigenvalue weighted by molar-refractivity contribution is 0.199. The van der Waals surface area contributed by atoms with Crippen molar-refractivity contribution in [2.75, 3.05) is 18.0 Å². The average Bonchev–Trinajstić information content (AvgIpc) is 2.29. The van der Waals surface area contributed by atoms with E-state index in [2.05, 4.69) is 30.0 Å². The molecule has 1 aliphatic heterocycles. The second kappa shape index (κ2) is 4.71. The lowest BCUT2D eigenvalue weighted by Gasteiger charge is -2.28. The van der Waals surface area contributed by atoms with Crippen LogP contribution in [-0.2, 0) is 0 Å². The Morgan fingerprint density at radius 3 is 2.50 bits per heavy atom. The first-order valence-corrected chi connectivity index (χ1v) is 5.85. The molecule has 1 unspecified atom stereocenters. The highest BCUT2D eigenvalue weighted by Gasteiger charge is 2.10. The summed E-state index contributed by atoms with van der Waals surface area (Å²) in [5.41, 5.74) is 3.66. The van der Waals surface area contributed by atoms with E-state index >= 15 is 0 Å². The molecule has 86 valence electrons. The number of anilines is 1. The molecule has 0 radical (unpaired) electrons. The Hall–Kier alpha value is -1.28. The van der Waals surface area contributed by atoms with Crippen LogP contribution in [-0.4, -0.2) is 18.2 Å². The lowest BCUT2D eigenvalue weighted by Crippen LogP contribution is -2.28. The van der Waals surface area contributed by atoms with Crippen molar-refractivity contribution < 1.29 is 5.11 Å². The first-order chi connectivity index (χ1) is 7.66. The number of benzene rings is 1. The molecule has 16 heavy (non-hydrogen) atoms. The van der Waals surface area contributed by atoms with Crippen molar-refractivity contribution in [3.63, 3.8) is 0 Å². The van der Waals surface area contributed by atoms with Gasteiger partial charge >= 0.3 is 0 Å². The quantitative estimate of drug-likeness (QED) is 0.770. The van der Waals surface area contributed by atoms with Gasteiger partial charge in [-0.15, -0.1) is 0 Å². The van der Waals surface area contributed by atoms with Crippen LogP contribution in [0.1, 0.15) is 31.9 Å². The molecule has 0 bridgehead atoms. The maximum absolute atomic E-state index is 9.44. The SMILES string of the molecule is CC1=CCCN(c2ccc(C(C)O)cc2)C1. The molecule has 0 saturated carbocycles. The van der Waals surface area contributed by atoms with Crippen LogP contribution in [0.2, 0.25) is 0 Å². The van der Waals surface area contributed by atoms with Gasteiger partial charge in [-0.25, -0.2) is 0 Å². The largest absolute Gasteiger partial charge is 0.389 e. The number of hydrogen-bond donors (Lipinski definition) is 1. The van der Waals surface area contributed by atoms with E-state index in [0.717, 1.165) is 25.1 Å². The summed E-state index contributed by atoms with van der Waals surface area (Å²) < 4.78 is 0. The van der Waals surface area contributed by atoms with Crippen LogP contribution in [0.3, 0.4) is 0 Å². The molecule has 2 heteroatoms. The molecule has 2 rings (SSSR count). The Morgan fingerprint density at radius 1 is 1.25 bits per heavy atom. The summed E-state index contributed by atoms with van der Waals surface area (Å²) in [5.74, 6) is 0. The molecule has 0 aliphatic carbocycles. The van der Waals surface area contributed by atoms with Gasteiger partial charge < -0.3 is 10.0 Å². The molecule has 2 nitrogen and oxygen atoms in total. The van der Waals surface area contributed by atoms with Gasteiger partial charge in [0, 0.05) is 18.8 Å². The fourth-order valence-corrected chi connectivity index (χ4v) is 2.10. The summed E-state index contributed by atoms with van der Waals surface area (Å²) in [6.45, 7) is 6.08. The van der Waals surface area contributed by atoms with Crippen molar-refractivity contribution in [1.82, 2.24) is 0 Å². The van der Waals surface area contributed by atoms with E-state index in [4.69, 9.17) is 0 Å². The summed E-state index contributed by atoms with van der Waals surface area (Å²) in [5, 5.41) is 9.44. The predicted molar refractivity (Wildman–Crippen MR) is 67.7 cm³/mol. The summed E-state index contributed by atoms with van der Waals surface area (Å²) in [7, 11) is 0. The number of aliphatic hydroxyl groups is 1. The van der Waals surface area contributed by atoms with Crippen molar-refractivity contribution in [3.05, 3.63) is 41.5 Å². The lowest BCUT2D eigenvalue weighted by atomic mass is 10.1. The monoisotopic (exact) mass is 217 g/mol. The highest BCUT2D eigenvalue weighted by molar-refractivity contribution is 5.49. The summed E-state index contributed by atoms with van der Waals surface area (Å²) >= 11 is 0. The Morgan fingerprint density at radius 2 is 1.94 bits per heavy atom. The third-order valence-electron chi connectivity index (χ3n) is 3.07. The molecule has 0 amide bonds. The molecule has 1 aliphatic rings. The van der Waals surface area contributed by atoms with Crippen molar-refractivity contribution in [1.29, 1.82) is 0 Å². The van der Waals surface area contributed by atoms with Crippen LogP contribution >= 0.6 is 0 Å². The first kappa shape index (κ1) is 11.2. The van der Waals surface area contributed by atoms with Crippen LogP contribution in [0.5, 0.6) is 0 Å². The Kier molecular flexibility index (Phi) is 3.30. The van der Waals surface area contributed by atoms with Crippen molar-refractivity contribution in [3.8, 4) is 0 Å². The zero-order valence-electron chi connectivity index (χ0n) is 9.98. The normalized spacial score (nSPS) is 18.2. The van der Waals surface area contributed by atoms with Gasteiger partial charge in [0.15, 0.2) is 0 Å². The number of aliphatic hydroxyl groups excluding tert-OH is 1. The average molecular weight is 217 g/mol. The van der Waals surface area contributed by atoms with Gasteiger partial charge in [-0.2, -0.15) is 0 Å². The highest BCUT2D eigenvalue weighted by atomic mass is 16.3. The van der Waals surface area contributed by atoms with Gasteiger partial charge in [0.2, 0.25) is 0 Å².